The molecule has 19 heavy (non-hydrogen) atoms. The van der Waals surface area contributed by atoms with E-state index in [1.807, 2.05) is 31.2 Å². The zero-order valence-corrected chi connectivity index (χ0v) is 10.7. The Morgan fingerprint density at radius 3 is 2.58 bits per heavy atom. The number of hydrogen-bond donors (Lipinski definition) is 1. The van der Waals surface area contributed by atoms with Gasteiger partial charge >= 0.3 is 0 Å². The molecule has 3 heteroatoms. The van der Waals surface area contributed by atoms with Crippen molar-refractivity contribution in [3.05, 3.63) is 70.8 Å². The molecule has 0 amide bonds. The highest BCUT2D eigenvalue weighted by Gasteiger charge is 2.12. The zero-order chi connectivity index (χ0) is 13.8. The van der Waals surface area contributed by atoms with E-state index in [2.05, 4.69) is 0 Å². The fourth-order valence-electron chi connectivity index (χ4n) is 2.03. The van der Waals surface area contributed by atoms with Crippen LogP contribution in [0, 0.1) is 11.6 Å². The first kappa shape index (κ1) is 13.7. The second-order valence-electron chi connectivity index (χ2n) is 4.55. The molecule has 0 saturated heterocycles. The molecule has 0 aromatic heterocycles. The van der Waals surface area contributed by atoms with Crippen LogP contribution in [-0.2, 0) is 12.8 Å². The van der Waals surface area contributed by atoms with Gasteiger partial charge in [-0.05, 0) is 29.2 Å². The predicted molar refractivity (Wildman–Crippen MR) is 70.8 cm³/mol. The highest BCUT2D eigenvalue weighted by Crippen LogP contribution is 2.21. The molecule has 0 aliphatic carbocycles. The lowest BCUT2D eigenvalue weighted by Gasteiger charge is -2.13. The number of aliphatic hydroxyl groups excluding tert-OH is 1. The van der Waals surface area contributed by atoms with E-state index in [1.54, 1.807) is 0 Å². The highest BCUT2D eigenvalue weighted by atomic mass is 19.1. The third kappa shape index (κ3) is 3.38. The smallest absolute Gasteiger partial charge is 0.129 e. The van der Waals surface area contributed by atoms with Crippen LogP contribution in [0.4, 0.5) is 8.78 Å². The predicted octanol–water partition coefficient (Wildman–Crippen LogP) is 3.80. The molecule has 0 saturated carbocycles. The number of rotatable bonds is 4. The first-order valence-corrected chi connectivity index (χ1v) is 6.31. The van der Waals surface area contributed by atoms with Crippen LogP contribution in [0.15, 0.2) is 42.5 Å². The average Bonchev–Trinajstić information content (AvgIpc) is 2.42. The molecule has 0 fully saturated rings. The van der Waals surface area contributed by atoms with Gasteiger partial charge in [0.05, 0.1) is 6.10 Å². The molecular weight excluding hydrogens is 246 g/mol. The third-order valence-electron chi connectivity index (χ3n) is 3.17. The molecule has 0 spiro atoms. The first-order chi connectivity index (χ1) is 9.10. The molecule has 1 unspecified atom stereocenters. The lowest BCUT2D eigenvalue weighted by atomic mass is 9.99. The minimum Gasteiger partial charge on any atom is -0.388 e. The summed E-state index contributed by atoms with van der Waals surface area (Å²) in [5.74, 6) is -1.23. The summed E-state index contributed by atoms with van der Waals surface area (Å²) in [6, 6.07) is 11.0. The highest BCUT2D eigenvalue weighted by molar-refractivity contribution is 5.27. The van der Waals surface area contributed by atoms with Crippen LogP contribution in [-0.4, -0.2) is 5.11 Å². The lowest BCUT2D eigenvalue weighted by molar-refractivity contribution is 0.177. The van der Waals surface area contributed by atoms with Gasteiger partial charge in [-0.15, -0.1) is 0 Å². The summed E-state index contributed by atoms with van der Waals surface area (Å²) in [4.78, 5) is 0. The topological polar surface area (TPSA) is 20.2 Å². The molecule has 0 heterocycles. The van der Waals surface area contributed by atoms with E-state index in [0.29, 0.717) is 5.56 Å². The maximum atomic E-state index is 13.5. The SMILES string of the molecule is CCc1cccc(C(O)Cc2ccc(F)cc2F)c1. The summed E-state index contributed by atoms with van der Waals surface area (Å²) in [5, 5.41) is 10.1. The second-order valence-corrected chi connectivity index (χ2v) is 4.55. The summed E-state index contributed by atoms with van der Waals surface area (Å²) >= 11 is 0. The van der Waals surface area contributed by atoms with Crippen LogP contribution in [0.3, 0.4) is 0 Å². The molecule has 1 atom stereocenters. The standard InChI is InChI=1S/C16H16F2O/c1-2-11-4-3-5-13(8-11)16(19)9-12-6-7-14(17)10-15(12)18/h3-8,10,16,19H,2,9H2,1H3. The van der Waals surface area contributed by atoms with Crippen LogP contribution in [0.5, 0.6) is 0 Å². The number of hydrogen-bond acceptors (Lipinski definition) is 1. The van der Waals surface area contributed by atoms with Crippen molar-refractivity contribution in [2.45, 2.75) is 25.9 Å². The van der Waals surface area contributed by atoms with E-state index < -0.39 is 17.7 Å². The van der Waals surface area contributed by atoms with Crippen LogP contribution in [0.25, 0.3) is 0 Å². The normalized spacial score (nSPS) is 12.4. The van der Waals surface area contributed by atoms with Crippen LogP contribution in [0.2, 0.25) is 0 Å². The minimum absolute atomic E-state index is 0.138. The van der Waals surface area contributed by atoms with Crippen molar-refractivity contribution >= 4 is 0 Å². The summed E-state index contributed by atoms with van der Waals surface area (Å²) < 4.78 is 26.3. The Morgan fingerprint density at radius 1 is 1.11 bits per heavy atom. The van der Waals surface area contributed by atoms with Gasteiger partial charge in [0, 0.05) is 12.5 Å². The Kier molecular flexibility index (Phi) is 4.27. The maximum absolute atomic E-state index is 13.5. The molecule has 2 rings (SSSR count). The minimum atomic E-state index is -0.786. The van der Waals surface area contributed by atoms with E-state index in [1.165, 1.54) is 12.1 Å². The van der Waals surface area contributed by atoms with Crippen molar-refractivity contribution in [1.29, 1.82) is 0 Å². The summed E-state index contributed by atoms with van der Waals surface area (Å²) in [6.07, 6.45) is 0.233. The average molecular weight is 262 g/mol. The number of benzene rings is 2. The fourth-order valence-corrected chi connectivity index (χ4v) is 2.03. The van der Waals surface area contributed by atoms with Crippen LogP contribution >= 0.6 is 0 Å². The first-order valence-electron chi connectivity index (χ1n) is 6.31. The second kappa shape index (κ2) is 5.93. The molecule has 0 radical (unpaired) electrons. The quantitative estimate of drug-likeness (QED) is 0.888. The van der Waals surface area contributed by atoms with E-state index in [0.717, 1.165) is 23.6 Å². The zero-order valence-electron chi connectivity index (χ0n) is 10.7. The monoisotopic (exact) mass is 262 g/mol. The van der Waals surface area contributed by atoms with Crippen molar-refractivity contribution in [3.63, 3.8) is 0 Å². The number of aryl methyl sites for hydroxylation is 1. The van der Waals surface area contributed by atoms with E-state index >= 15 is 0 Å². The Balaban J connectivity index is 2.17. The molecule has 2 aromatic carbocycles. The van der Waals surface area contributed by atoms with E-state index in [9.17, 15) is 13.9 Å². The van der Waals surface area contributed by atoms with Gasteiger partial charge in [0.25, 0.3) is 0 Å². The molecule has 0 aliphatic rings. The van der Waals surface area contributed by atoms with Crippen molar-refractivity contribution in [3.8, 4) is 0 Å². The molecule has 0 bridgehead atoms. The molecule has 1 nitrogen and oxygen atoms in total. The van der Waals surface area contributed by atoms with Gasteiger partial charge in [-0.2, -0.15) is 0 Å². The van der Waals surface area contributed by atoms with E-state index in [4.69, 9.17) is 0 Å². The van der Waals surface area contributed by atoms with Gasteiger partial charge in [-0.1, -0.05) is 37.3 Å². The van der Waals surface area contributed by atoms with Gasteiger partial charge in [0.1, 0.15) is 11.6 Å². The van der Waals surface area contributed by atoms with Gasteiger partial charge in [0.15, 0.2) is 0 Å². The Labute approximate surface area is 111 Å². The van der Waals surface area contributed by atoms with Gasteiger partial charge in [0.2, 0.25) is 0 Å². The van der Waals surface area contributed by atoms with Crippen LogP contribution < -0.4 is 0 Å². The molecule has 100 valence electrons. The Bertz CT molecular complexity index is 566. The van der Waals surface area contributed by atoms with Gasteiger partial charge < -0.3 is 5.11 Å². The Morgan fingerprint density at radius 2 is 1.89 bits per heavy atom. The fraction of sp³-hybridized carbons (Fsp3) is 0.250. The van der Waals surface area contributed by atoms with Crippen molar-refractivity contribution in [2.24, 2.45) is 0 Å². The van der Waals surface area contributed by atoms with Crippen LogP contribution in [0.1, 0.15) is 29.7 Å². The van der Waals surface area contributed by atoms with Crippen molar-refractivity contribution < 1.29 is 13.9 Å². The van der Waals surface area contributed by atoms with Gasteiger partial charge in [-0.25, -0.2) is 8.78 Å². The summed E-state index contributed by atoms with van der Waals surface area (Å²) in [7, 11) is 0. The largest absolute Gasteiger partial charge is 0.388 e. The van der Waals surface area contributed by atoms with Crippen molar-refractivity contribution in [1.82, 2.24) is 0 Å². The number of halogens is 2. The summed E-state index contributed by atoms with van der Waals surface area (Å²) in [5.41, 5.74) is 2.19. The molecule has 0 aliphatic heterocycles. The molecule has 2 aromatic rings. The molecule has 1 N–H and O–H groups in total. The Hall–Kier alpha value is -1.74. The lowest BCUT2D eigenvalue weighted by Crippen LogP contribution is -2.04. The van der Waals surface area contributed by atoms with Gasteiger partial charge in [-0.3, -0.25) is 0 Å². The molecular formula is C16H16F2O. The summed E-state index contributed by atoms with van der Waals surface area (Å²) in [6.45, 7) is 2.03. The van der Waals surface area contributed by atoms with Crippen molar-refractivity contribution in [2.75, 3.05) is 0 Å². The third-order valence-corrected chi connectivity index (χ3v) is 3.17. The number of aliphatic hydroxyl groups is 1. The van der Waals surface area contributed by atoms with E-state index in [-0.39, 0.29) is 6.42 Å². The maximum Gasteiger partial charge on any atom is 0.129 e.